The summed E-state index contributed by atoms with van der Waals surface area (Å²) in [4.78, 5) is 14.1. The van der Waals surface area contributed by atoms with Gasteiger partial charge < -0.3 is 15.4 Å². The van der Waals surface area contributed by atoms with Gasteiger partial charge in [-0.25, -0.2) is 0 Å². The number of amides is 1. The number of nitrogens with one attached hydrogen (secondary N) is 2. The van der Waals surface area contributed by atoms with E-state index in [4.69, 9.17) is 4.74 Å². The van der Waals surface area contributed by atoms with Gasteiger partial charge in [-0.05, 0) is 40.5 Å². The number of nitrogens with zero attached hydrogens (tertiary/aromatic N) is 1. The van der Waals surface area contributed by atoms with Gasteiger partial charge in [0.2, 0.25) is 5.91 Å². The molecule has 1 aromatic carbocycles. The van der Waals surface area contributed by atoms with E-state index in [1.165, 1.54) is 5.56 Å². The SMILES string of the molecule is Cc1ccc(NCC(=O)NCCN2CCOCC2)c(Br)c1. The molecular formula is C15H22BrN3O2. The summed E-state index contributed by atoms with van der Waals surface area (Å²) in [5.41, 5.74) is 2.12. The fourth-order valence-electron chi connectivity index (χ4n) is 2.18. The summed E-state index contributed by atoms with van der Waals surface area (Å²) in [5.74, 6) is 0.00994. The van der Waals surface area contributed by atoms with Crippen molar-refractivity contribution in [2.45, 2.75) is 6.92 Å². The molecular weight excluding hydrogens is 334 g/mol. The fraction of sp³-hybridized carbons (Fsp3) is 0.533. The van der Waals surface area contributed by atoms with Crippen LogP contribution in [0.15, 0.2) is 22.7 Å². The van der Waals surface area contributed by atoms with Crippen LogP contribution in [0, 0.1) is 6.92 Å². The first-order valence-electron chi connectivity index (χ1n) is 7.22. The van der Waals surface area contributed by atoms with Crippen LogP contribution in [0.1, 0.15) is 5.56 Å². The van der Waals surface area contributed by atoms with Gasteiger partial charge in [0, 0.05) is 36.3 Å². The first-order chi connectivity index (χ1) is 10.1. The minimum absolute atomic E-state index is 0.00994. The summed E-state index contributed by atoms with van der Waals surface area (Å²) in [6, 6.07) is 6.02. The van der Waals surface area contributed by atoms with E-state index in [2.05, 4.69) is 31.5 Å². The first-order valence-corrected chi connectivity index (χ1v) is 8.01. The first kappa shape index (κ1) is 16.3. The van der Waals surface area contributed by atoms with Crippen LogP contribution in [0.2, 0.25) is 0 Å². The van der Waals surface area contributed by atoms with Gasteiger partial charge in [0.1, 0.15) is 0 Å². The largest absolute Gasteiger partial charge is 0.379 e. The Bertz CT molecular complexity index is 476. The molecule has 0 aliphatic carbocycles. The lowest BCUT2D eigenvalue weighted by atomic mass is 10.2. The number of carbonyl (C=O) groups excluding carboxylic acids is 1. The third-order valence-corrected chi connectivity index (χ3v) is 4.07. The number of morpholine rings is 1. The van der Waals surface area contributed by atoms with Crippen LogP contribution in [0.4, 0.5) is 5.69 Å². The molecule has 0 saturated carbocycles. The lowest BCUT2D eigenvalue weighted by Crippen LogP contribution is -2.42. The molecule has 1 aromatic rings. The molecule has 0 aromatic heterocycles. The molecule has 1 saturated heterocycles. The van der Waals surface area contributed by atoms with Gasteiger partial charge in [-0.1, -0.05) is 6.07 Å². The van der Waals surface area contributed by atoms with Crippen molar-refractivity contribution >= 4 is 27.5 Å². The molecule has 116 valence electrons. The second-order valence-electron chi connectivity index (χ2n) is 5.14. The summed E-state index contributed by atoms with van der Waals surface area (Å²) in [6.07, 6.45) is 0. The summed E-state index contributed by atoms with van der Waals surface area (Å²) in [5, 5.41) is 6.07. The van der Waals surface area contributed by atoms with Crippen molar-refractivity contribution in [3.8, 4) is 0 Å². The Morgan fingerprint density at radius 3 is 2.86 bits per heavy atom. The number of rotatable bonds is 6. The number of aryl methyl sites for hydroxylation is 1. The lowest BCUT2D eigenvalue weighted by Gasteiger charge is -2.26. The average Bonchev–Trinajstić information content (AvgIpc) is 2.47. The van der Waals surface area contributed by atoms with Crippen LogP contribution < -0.4 is 10.6 Å². The van der Waals surface area contributed by atoms with Gasteiger partial charge >= 0.3 is 0 Å². The minimum atomic E-state index is 0.00994. The molecule has 0 spiro atoms. The highest BCUT2D eigenvalue weighted by molar-refractivity contribution is 9.10. The topological polar surface area (TPSA) is 53.6 Å². The maximum Gasteiger partial charge on any atom is 0.239 e. The molecule has 6 heteroatoms. The molecule has 5 nitrogen and oxygen atoms in total. The van der Waals surface area contributed by atoms with E-state index in [0.29, 0.717) is 6.54 Å². The molecule has 2 N–H and O–H groups in total. The van der Waals surface area contributed by atoms with Crippen LogP contribution in [-0.4, -0.2) is 56.7 Å². The van der Waals surface area contributed by atoms with Gasteiger partial charge in [0.25, 0.3) is 0 Å². The van der Waals surface area contributed by atoms with Crippen LogP contribution in [-0.2, 0) is 9.53 Å². The van der Waals surface area contributed by atoms with E-state index in [9.17, 15) is 4.79 Å². The van der Waals surface area contributed by atoms with Gasteiger partial charge in [-0.15, -0.1) is 0 Å². The van der Waals surface area contributed by atoms with Crippen molar-refractivity contribution in [2.24, 2.45) is 0 Å². The number of halogens is 1. The molecule has 0 atom stereocenters. The molecule has 1 fully saturated rings. The Labute approximate surface area is 134 Å². The van der Waals surface area contributed by atoms with Gasteiger partial charge in [0.05, 0.1) is 19.8 Å². The highest BCUT2D eigenvalue weighted by Crippen LogP contribution is 2.22. The maximum absolute atomic E-state index is 11.8. The van der Waals surface area contributed by atoms with E-state index in [0.717, 1.165) is 43.0 Å². The number of benzene rings is 1. The lowest BCUT2D eigenvalue weighted by molar-refractivity contribution is -0.119. The summed E-state index contributed by atoms with van der Waals surface area (Å²) in [6.45, 7) is 7.35. The third kappa shape index (κ3) is 5.65. The Kier molecular flexibility index (Phi) is 6.48. The zero-order valence-corrected chi connectivity index (χ0v) is 13.9. The van der Waals surface area contributed by atoms with Crippen LogP contribution in [0.5, 0.6) is 0 Å². The van der Waals surface area contributed by atoms with E-state index < -0.39 is 0 Å². The van der Waals surface area contributed by atoms with Crippen molar-refractivity contribution < 1.29 is 9.53 Å². The van der Waals surface area contributed by atoms with Gasteiger partial charge in [-0.3, -0.25) is 9.69 Å². The Balaban J connectivity index is 1.65. The zero-order chi connectivity index (χ0) is 15.1. The second kappa shape index (κ2) is 8.36. The molecule has 0 unspecified atom stereocenters. The Morgan fingerprint density at radius 2 is 2.14 bits per heavy atom. The smallest absolute Gasteiger partial charge is 0.239 e. The highest BCUT2D eigenvalue weighted by Gasteiger charge is 2.10. The van der Waals surface area contributed by atoms with Crippen molar-refractivity contribution in [1.29, 1.82) is 0 Å². The highest BCUT2D eigenvalue weighted by atomic mass is 79.9. The van der Waals surface area contributed by atoms with Crippen molar-refractivity contribution in [3.05, 3.63) is 28.2 Å². The van der Waals surface area contributed by atoms with Crippen molar-refractivity contribution in [2.75, 3.05) is 51.3 Å². The van der Waals surface area contributed by atoms with E-state index >= 15 is 0 Å². The molecule has 1 aliphatic rings. The molecule has 0 radical (unpaired) electrons. The molecule has 1 heterocycles. The normalized spacial score (nSPS) is 15.7. The molecule has 0 bridgehead atoms. The fourth-order valence-corrected chi connectivity index (χ4v) is 2.81. The second-order valence-corrected chi connectivity index (χ2v) is 6.00. The van der Waals surface area contributed by atoms with Crippen molar-refractivity contribution in [3.63, 3.8) is 0 Å². The maximum atomic E-state index is 11.8. The molecule has 1 amide bonds. The number of hydrogen-bond donors (Lipinski definition) is 2. The quantitative estimate of drug-likeness (QED) is 0.814. The molecule has 21 heavy (non-hydrogen) atoms. The number of ether oxygens (including phenoxy) is 1. The minimum Gasteiger partial charge on any atom is -0.379 e. The number of anilines is 1. The monoisotopic (exact) mass is 355 g/mol. The van der Waals surface area contributed by atoms with Crippen LogP contribution >= 0.6 is 15.9 Å². The van der Waals surface area contributed by atoms with Crippen LogP contribution in [0.25, 0.3) is 0 Å². The van der Waals surface area contributed by atoms with Gasteiger partial charge in [-0.2, -0.15) is 0 Å². The standard InChI is InChI=1S/C15H22BrN3O2/c1-12-2-3-14(13(16)10-12)18-11-15(20)17-4-5-19-6-8-21-9-7-19/h2-3,10,18H,4-9,11H2,1H3,(H,17,20). The van der Waals surface area contributed by atoms with E-state index in [1.54, 1.807) is 0 Å². The van der Waals surface area contributed by atoms with Gasteiger partial charge in [0.15, 0.2) is 0 Å². The third-order valence-electron chi connectivity index (χ3n) is 3.42. The van der Waals surface area contributed by atoms with E-state index in [-0.39, 0.29) is 12.5 Å². The number of carbonyl (C=O) groups is 1. The summed E-state index contributed by atoms with van der Waals surface area (Å²) >= 11 is 3.49. The average molecular weight is 356 g/mol. The van der Waals surface area contributed by atoms with E-state index in [1.807, 2.05) is 25.1 Å². The predicted molar refractivity (Wildman–Crippen MR) is 87.6 cm³/mol. The van der Waals surface area contributed by atoms with Crippen LogP contribution in [0.3, 0.4) is 0 Å². The Hall–Kier alpha value is -1.11. The Morgan fingerprint density at radius 1 is 1.38 bits per heavy atom. The summed E-state index contributed by atoms with van der Waals surface area (Å²) < 4.78 is 6.27. The number of hydrogen-bond acceptors (Lipinski definition) is 4. The molecule has 2 rings (SSSR count). The molecule has 1 aliphatic heterocycles. The van der Waals surface area contributed by atoms with Crippen molar-refractivity contribution in [1.82, 2.24) is 10.2 Å². The predicted octanol–water partition coefficient (Wildman–Crippen LogP) is 1.62. The zero-order valence-electron chi connectivity index (χ0n) is 12.3. The summed E-state index contributed by atoms with van der Waals surface area (Å²) in [7, 11) is 0.